The molecule has 0 fully saturated rings. The van der Waals surface area contributed by atoms with Gasteiger partial charge >= 0.3 is 0 Å². The summed E-state index contributed by atoms with van der Waals surface area (Å²) in [5.74, 6) is 0. The molecule has 2 nitrogen and oxygen atoms in total. The summed E-state index contributed by atoms with van der Waals surface area (Å²) in [7, 11) is 0. The van der Waals surface area contributed by atoms with E-state index in [1.165, 1.54) is 0 Å². The summed E-state index contributed by atoms with van der Waals surface area (Å²) in [6, 6.07) is 0. The van der Waals surface area contributed by atoms with Gasteiger partial charge in [-0.1, -0.05) is 18.5 Å². The van der Waals surface area contributed by atoms with Crippen molar-refractivity contribution in [2.75, 3.05) is 0 Å². The fourth-order valence-corrected chi connectivity index (χ4v) is 0.412. The monoisotopic (exact) mass is 137 g/mol. The number of halogens is 1. The number of nitrogens with zero attached hydrogens (tertiary/aromatic N) is 1. The van der Waals surface area contributed by atoms with Gasteiger partial charge in [-0.25, -0.2) is 0 Å². The standard InChI is InChI=1S/C5H11NO.ClH/c1-3-4-5(2)6-7;/h7H,3-4H2,1-2H3;1H. The summed E-state index contributed by atoms with van der Waals surface area (Å²) >= 11 is 0. The molecule has 0 unspecified atom stereocenters. The van der Waals surface area contributed by atoms with E-state index in [4.69, 9.17) is 5.21 Å². The van der Waals surface area contributed by atoms with Gasteiger partial charge in [-0.2, -0.15) is 0 Å². The van der Waals surface area contributed by atoms with E-state index in [1.54, 1.807) is 0 Å². The first-order valence-electron chi connectivity index (χ1n) is 2.48. The Hall–Kier alpha value is -0.240. The summed E-state index contributed by atoms with van der Waals surface area (Å²) in [5.41, 5.74) is 0.808. The van der Waals surface area contributed by atoms with Crippen LogP contribution < -0.4 is 0 Å². The number of rotatable bonds is 2. The molecule has 0 atom stereocenters. The van der Waals surface area contributed by atoms with Gasteiger partial charge in [0, 0.05) is 0 Å². The lowest BCUT2D eigenvalue weighted by Crippen LogP contribution is -1.87. The second-order valence-electron chi connectivity index (χ2n) is 1.59. The smallest absolute Gasteiger partial charge is 0.0539 e. The molecule has 0 rings (SSSR count). The van der Waals surface area contributed by atoms with E-state index in [0.717, 1.165) is 18.6 Å². The Labute approximate surface area is 56.0 Å². The van der Waals surface area contributed by atoms with Gasteiger partial charge in [-0.05, 0) is 13.3 Å². The largest absolute Gasteiger partial charge is 0.411 e. The van der Waals surface area contributed by atoms with Crippen molar-refractivity contribution in [3.63, 3.8) is 0 Å². The van der Waals surface area contributed by atoms with Crippen molar-refractivity contribution in [1.82, 2.24) is 0 Å². The molecule has 0 aromatic carbocycles. The number of hydrogen-bond acceptors (Lipinski definition) is 2. The van der Waals surface area contributed by atoms with Crippen LogP contribution in [0.2, 0.25) is 0 Å². The van der Waals surface area contributed by atoms with Gasteiger partial charge in [0.25, 0.3) is 0 Å². The Morgan fingerprint density at radius 1 is 1.62 bits per heavy atom. The van der Waals surface area contributed by atoms with E-state index in [2.05, 4.69) is 12.1 Å². The molecule has 0 aliphatic rings. The first-order chi connectivity index (χ1) is 3.31. The summed E-state index contributed by atoms with van der Waals surface area (Å²) in [5, 5.41) is 11.0. The Bertz CT molecular complexity index is 72.8. The Morgan fingerprint density at radius 3 is 2.25 bits per heavy atom. The first kappa shape index (κ1) is 10.7. The minimum Gasteiger partial charge on any atom is -0.411 e. The second kappa shape index (κ2) is 6.76. The molecule has 3 heteroatoms. The molecule has 50 valence electrons. The minimum absolute atomic E-state index is 0. The highest BCUT2D eigenvalue weighted by atomic mass is 35.5. The Balaban J connectivity index is 0. The van der Waals surface area contributed by atoms with Crippen LogP contribution >= 0.6 is 12.4 Å². The maximum Gasteiger partial charge on any atom is 0.0539 e. The lowest BCUT2D eigenvalue weighted by Gasteiger charge is -1.87. The van der Waals surface area contributed by atoms with Crippen LogP contribution in [-0.2, 0) is 0 Å². The van der Waals surface area contributed by atoms with Crippen LogP contribution in [0, 0.1) is 0 Å². The highest BCUT2D eigenvalue weighted by molar-refractivity contribution is 5.85. The van der Waals surface area contributed by atoms with Crippen LogP contribution in [0.5, 0.6) is 0 Å². The highest BCUT2D eigenvalue weighted by Gasteiger charge is 1.84. The first-order valence-corrected chi connectivity index (χ1v) is 2.48. The van der Waals surface area contributed by atoms with E-state index in [9.17, 15) is 0 Å². The summed E-state index contributed by atoms with van der Waals surface area (Å²) in [6.07, 6.45) is 1.95. The van der Waals surface area contributed by atoms with E-state index in [-0.39, 0.29) is 12.4 Å². The predicted octanol–water partition coefficient (Wildman–Crippen LogP) is 2.06. The molecule has 0 amide bonds. The lowest BCUT2D eigenvalue weighted by molar-refractivity contribution is 0.317. The molecule has 0 aliphatic carbocycles. The molecule has 0 heterocycles. The number of oxime groups is 1. The normalized spacial score (nSPS) is 10.5. The summed E-state index contributed by atoms with van der Waals surface area (Å²) in [6.45, 7) is 3.86. The van der Waals surface area contributed by atoms with Crippen molar-refractivity contribution in [1.29, 1.82) is 0 Å². The molecule has 0 saturated carbocycles. The van der Waals surface area contributed by atoms with Gasteiger partial charge in [0.2, 0.25) is 0 Å². The third kappa shape index (κ3) is 5.76. The number of hydrogen-bond donors (Lipinski definition) is 1. The zero-order valence-electron chi connectivity index (χ0n) is 5.22. The fourth-order valence-electron chi connectivity index (χ4n) is 0.412. The summed E-state index contributed by atoms with van der Waals surface area (Å²) in [4.78, 5) is 0. The topological polar surface area (TPSA) is 32.6 Å². The van der Waals surface area contributed by atoms with Crippen LogP contribution in [-0.4, -0.2) is 10.9 Å². The van der Waals surface area contributed by atoms with Crippen LogP contribution in [0.15, 0.2) is 5.16 Å². The van der Waals surface area contributed by atoms with E-state index >= 15 is 0 Å². The molecule has 0 bridgehead atoms. The van der Waals surface area contributed by atoms with Gasteiger partial charge < -0.3 is 5.21 Å². The zero-order valence-corrected chi connectivity index (χ0v) is 6.03. The van der Waals surface area contributed by atoms with Crippen LogP contribution in [0.3, 0.4) is 0 Å². The average Bonchev–Trinajstić information content (AvgIpc) is 1.68. The van der Waals surface area contributed by atoms with Crippen molar-refractivity contribution in [3.8, 4) is 0 Å². The van der Waals surface area contributed by atoms with Crippen LogP contribution in [0.4, 0.5) is 0 Å². The van der Waals surface area contributed by atoms with E-state index in [0.29, 0.717) is 0 Å². The summed E-state index contributed by atoms with van der Waals surface area (Å²) < 4.78 is 0. The minimum atomic E-state index is 0. The van der Waals surface area contributed by atoms with Gasteiger partial charge in [0.15, 0.2) is 0 Å². The van der Waals surface area contributed by atoms with Crippen molar-refractivity contribution in [2.24, 2.45) is 5.16 Å². The molecule has 0 spiro atoms. The van der Waals surface area contributed by atoms with E-state index in [1.807, 2.05) is 6.92 Å². The molecule has 0 saturated heterocycles. The third-order valence-electron chi connectivity index (χ3n) is 0.783. The lowest BCUT2D eigenvalue weighted by atomic mass is 10.2. The highest BCUT2D eigenvalue weighted by Crippen LogP contribution is 1.88. The van der Waals surface area contributed by atoms with E-state index < -0.39 is 0 Å². The van der Waals surface area contributed by atoms with Gasteiger partial charge in [-0.15, -0.1) is 12.4 Å². The maximum absolute atomic E-state index is 8.05. The predicted molar refractivity (Wildman–Crippen MR) is 37.1 cm³/mol. The molecular weight excluding hydrogens is 126 g/mol. The van der Waals surface area contributed by atoms with Crippen molar-refractivity contribution in [3.05, 3.63) is 0 Å². The fraction of sp³-hybridized carbons (Fsp3) is 0.800. The molecule has 0 aromatic heterocycles. The van der Waals surface area contributed by atoms with Gasteiger partial charge in [0.1, 0.15) is 0 Å². The van der Waals surface area contributed by atoms with Crippen molar-refractivity contribution >= 4 is 18.1 Å². The average molecular weight is 138 g/mol. The Morgan fingerprint density at radius 2 is 2.12 bits per heavy atom. The quantitative estimate of drug-likeness (QED) is 0.353. The van der Waals surface area contributed by atoms with Gasteiger partial charge in [0.05, 0.1) is 5.71 Å². The molecule has 0 radical (unpaired) electrons. The molecule has 0 aromatic rings. The van der Waals surface area contributed by atoms with Crippen molar-refractivity contribution in [2.45, 2.75) is 26.7 Å². The maximum atomic E-state index is 8.05. The Kier molecular flexibility index (Phi) is 9.03. The zero-order chi connectivity index (χ0) is 5.70. The third-order valence-corrected chi connectivity index (χ3v) is 0.783. The van der Waals surface area contributed by atoms with Crippen LogP contribution in [0.25, 0.3) is 0 Å². The van der Waals surface area contributed by atoms with Gasteiger partial charge in [-0.3, -0.25) is 0 Å². The molecule has 1 N–H and O–H groups in total. The SMILES string of the molecule is CCCC(C)=NO.Cl. The van der Waals surface area contributed by atoms with Crippen molar-refractivity contribution < 1.29 is 5.21 Å². The molecule has 8 heavy (non-hydrogen) atoms. The molecular formula is C5H12ClNO. The second-order valence-corrected chi connectivity index (χ2v) is 1.59. The molecule has 0 aliphatic heterocycles. The van der Waals surface area contributed by atoms with Crippen LogP contribution in [0.1, 0.15) is 26.7 Å².